The zero-order valence-corrected chi connectivity index (χ0v) is 15.8. The molecule has 0 aliphatic carbocycles. The first-order chi connectivity index (χ1) is 12.9. The first-order valence-corrected chi connectivity index (χ1v) is 10.2. The van der Waals surface area contributed by atoms with Crippen molar-refractivity contribution in [3.8, 4) is 0 Å². The summed E-state index contributed by atoms with van der Waals surface area (Å²) in [5.41, 5.74) is 1.17. The topological polar surface area (TPSA) is 86.8 Å². The van der Waals surface area contributed by atoms with Crippen LogP contribution in [0.25, 0.3) is 0 Å². The van der Waals surface area contributed by atoms with Crippen molar-refractivity contribution in [1.82, 2.24) is 9.62 Å². The number of amides is 2. The van der Waals surface area contributed by atoms with Gasteiger partial charge in [0, 0.05) is 26.2 Å². The molecular formula is C18H16ClN3O4S. The van der Waals surface area contributed by atoms with Gasteiger partial charge < -0.3 is 4.90 Å². The summed E-state index contributed by atoms with van der Waals surface area (Å²) < 4.78 is 27.3. The van der Waals surface area contributed by atoms with E-state index in [4.69, 9.17) is 11.6 Å². The second-order valence-corrected chi connectivity index (χ2v) is 8.68. The van der Waals surface area contributed by atoms with Gasteiger partial charge in [0.1, 0.15) is 0 Å². The molecule has 0 radical (unpaired) electrons. The minimum Gasteiger partial charge on any atom is -0.368 e. The van der Waals surface area contributed by atoms with E-state index >= 15 is 0 Å². The van der Waals surface area contributed by atoms with Gasteiger partial charge in [0.05, 0.1) is 26.7 Å². The molecule has 0 bridgehead atoms. The minimum atomic E-state index is -3.76. The third kappa shape index (κ3) is 3.09. The van der Waals surface area contributed by atoms with E-state index in [-0.39, 0.29) is 16.0 Å². The Kier molecular flexibility index (Phi) is 4.41. The Bertz CT molecular complexity index is 1050. The Morgan fingerprint density at radius 2 is 1.56 bits per heavy atom. The lowest BCUT2D eigenvalue weighted by Gasteiger charge is -2.35. The number of sulfonamides is 1. The average Bonchev–Trinajstić information content (AvgIpc) is 2.96. The Hall–Kier alpha value is -2.42. The lowest BCUT2D eigenvalue weighted by Crippen LogP contribution is -2.48. The fraction of sp³-hybridized carbons (Fsp3) is 0.222. The number of nitrogens with one attached hydrogen (secondary N) is 1. The minimum absolute atomic E-state index is 0.0114. The summed E-state index contributed by atoms with van der Waals surface area (Å²) in [7, 11) is -3.76. The second kappa shape index (κ2) is 6.63. The molecular weight excluding hydrogens is 390 g/mol. The highest BCUT2D eigenvalue weighted by Gasteiger charge is 2.32. The zero-order valence-electron chi connectivity index (χ0n) is 14.2. The Balaban J connectivity index is 1.55. The molecule has 2 aromatic carbocycles. The van der Waals surface area contributed by atoms with Crippen LogP contribution in [-0.4, -0.2) is 50.7 Å². The van der Waals surface area contributed by atoms with Gasteiger partial charge in [-0.15, -0.1) is 0 Å². The van der Waals surface area contributed by atoms with Gasteiger partial charge in [0.2, 0.25) is 10.0 Å². The van der Waals surface area contributed by atoms with Crippen molar-refractivity contribution < 1.29 is 18.0 Å². The summed E-state index contributed by atoms with van der Waals surface area (Å²) in [4.78, 5) is 25.5. The van der Waals surface area contributed by atoms with E-state index < -0.39 is 21.8 Å². The molecule has 1 saturated heterocycles. The van der Waals surface area contributed by atoms with E-state index in [1.807, 2.05) is 23.1 Å². The molecule has 2 amide bonds. The number of anilines is 1. The highest BCUT2D eigenvalue weighted by Crippen LogP contribution is 2.28. The second-order valence-electron chi connectivity index (χ2n) is 6.33. The molecule has 1 N–H and O–H groups in total. The number of fused-ring (bicyclic) bond motifs is 1. The van der Waals surface area contributed by atoms with Gasteiger partial charge in [-0.2, -0.15) is 4.31 Å². The molecule has 27 heavy (non-hydrogen) atoms. The fourth-order valence-electron chi connectivity index (χ4n) is 3.33. The standard InChI is InChI=1S/C18H16ClN3O4S/c19-15-3-1-2-4-16(15)21-7-9-22(10-8-21)27(25,26)12-5-6-13-14(11-12)18(24)20-17(13)23/h1-6,11H,7-10H2,(H,20,23,24). The van der Waals surface area contributed by atoms with Crippen molar-refractivity contribution in [3.63, 3.8) is 0 Å². The number of hydrogen-bond acceptors (Lipinski definition) is 5. The molecule has 2 heterocycles. The Morgan fingerprint density at radius 1 is 0.889 bits per heavy atom. The highest BCUT2D eigenvalue weighted by atomic mass is 35.5. The number of carbonyl (C=O) groups is 2. The molecule has 2 aliphatic rings. The number of benzene rings is 2. The number of piperazine rings is 1. The molecule has 9 heteroatoms. The fourth-order valence-corrected chi connectivity index (χ4v) is 5.04. The average molecular weight is 406 g/mol. The third-order valence-corrected chi connectivity index (χ3v) is 6.99. The Morgan fingerprint density at radius 3 is 2.26 bits per heavy atom. The predicted molar refractivity (Wildman–Crippen MR) is 101 cm³/mol. The van der Waals surface area contributed by atoms with Crippen molar-refractivity contribution in [2.45, 2.75) is 4.90 Å². The molecule has 1 fully saturated rings. The Labute approximate surface area is 161 Å². The molecule has 0 unspecified atom stereocenters. The monoisotopic (exact) mass is 405 g/mol. The van der Waals surface area contributed by atoms with Gasteiger partial charge in [-0.1, -0.05) is 23.7 Å². The molecule has 0 aromatic heterocycles. The molecule has 7 nitrogen and oxygen atoms in total. The number of nitrogens with zero attached hydrogens (tertiary/aromatic N) is 2. The molecule has 0 spiro atoms. The third-order valence-electron chi connectivity index (χ3n) is 4.78. The maximum Gasteiger partial charge on any atom is 0.258 e. The van der Waals surface area contributed by atoms with E-state index in [0.717, 1.165) is 5.69 Å². The van der Waals surface area contributed by atoms with Crippen LogP contribution in [0.4, 0.5) is 5.69 Å². The van der Waals surface area contributed by atoms with E-state index in [1.54, 1.807) is 6.07 Å². The number of para-hydroxylation sites is 1. The maximum absolute atomic E-state index is 13.0. The molecule has 0 saturated carbocycles. The van der Waals surface area contributed by atoms with Gasteiger partial charge in [0.25, 0.3) is 11.8 Å². The first kappa shape index (κ1) is 18.0. The van der Waals surface area contributed by atoms with Crippen LogP contribution in [0.1, 0.15) is 20.7 Å². The first-order valence-electron chi connectivity index (χ1n) is 8.37. The van der Waals surface area contributed by atoms with Crippen molar-refractivity contribution in [3.05, 3.63) is 58.6 Å². The zero-order chi connectivity index (χ0) is 19.2. The summed E-state index contributed by atoms with van der Waals surface area (Å²) in [6.45, 7) is 1.62. The van der Waals surface area contributed by atoms with E-state index in [1.165, 1.54) is 22.5 Å². The van der Waals surface area contributed by atoms with Crippen LogP contribution in [-0.2, 0) is 10.0 Å². The quantitative estimate of drug-likeness (QED) is 0.786. The number of hydrogen-bond donors (Lipinski definition) is 1. The van der Waals surface area contributed by atoms with Gasteiger partial charge in [-0.05, 0) is 30.3 Å². The van der Waals surface area contributed by atoms with Crippen molar-refractivity contribution in [1.29, 1.82) is 0 Å². The van der Waals surface area contributed by atoms with Crippen LogP contribution < -0.4 is 10.2 Å². The van der Waals surface area contributed by atoms with Crippen molar-refractivity contribution in [2.24, 2.45) is 0 Å². The summed E-state index contributed by atoms with van der Waals surface area (Å²) >= 11 is 6.22. The summed E-state index contributed by atoms with van der Waals surface area (Å²) in [5, 5.41) is 2.79. The maximum atomic E-state index is 13.0. The normalized spacial score (nSPS) is 17.7. The summed E-state index contributed by atoms with van der Waals surface area (Å²) in [6.07, 6.45) is 0. The highest BCUT2D eigenvalue weighted by molar-refractivity contribution is 7.89. The molecule has 2 aliphatic heterocycles. The number of rotatable bonds is 3. The van der Waals surface area contributed by atoms with Crippen LogP contribution in [0.5, 0.6) is 0 Å². The largest absolute Gasteiger partial charge is 0.368 e. The van der Waals surface area contributed by atoms with Gasteiger partial charge in [-0.25, -0.2) is 8.42 Å². The molecule has 0 atom stereocenters. The molecule has 4 rings (SSSR count). The molecule has 2 aromatic rings. The van der Waals surface area contributed by atoms with Crippen molar-refractivity contribution >= 4 is 39.1 Å². The summed E-state index contributed by atoms with van der Waals surface area (Å²) in [5.74, 6) is -1.08. The number of imide groups is 1. The SMILES string of the molecule is O=C1NC(=O)c2cc(S(=O)(=O)N3CCN(c4ccccc4Cl)CC3)ccc21. The van der Waals surface area contributed by atoms with E-state index in [0.29, 0.717) is 31.2 Å². The molecule has 140 valence electrons. The van der Waals surface area contributed by atoms with Crippen LogP contribution in [0.3, 0.4) is 0 Å². The van der Waals surface area contributed by atoms with E-state index in [2.05, 4.69) is 5.32 Å². The van der Waals surface area contributed by atoms with Gasteiger partial charge in [-0.3, -0.25) is 14.9 Å². The lowest BCUT2D eigenvalue weighted by atomic mass is 10.1. The van der Waals surface area contributed by atoms with Crippen LogP contribution >= 0.6 is 11.6 Å². The van der Waals surface area contributed by atoms with Crippen molar-refractivity contribution in [2.75, 3.05) is 31.1 Å². The smallest absolute Gasteiger partial charge is 0.258 e. The summed E-state index contributed by atoms with van der Waals surface area (Å²) in [6, 6.07) is 11.5. The number of halogens is 1. The number of carbonyl (C=O) groups excluding carboxylic acids is 2. The van der Waals surface area contributed by atoms with Crippen LogP contribution in [0.15, 0.2) is 47.4 Å². The van der Waals surface area contributed by atoms with Gasteiger partial charge in [0.15, 0.2) is 0 Å². The van der Waals surface area contributed by atoms with E-state index in [9.17, 15) is 18.0 Å². The predicted octanol–water partition coefficient (Wildman–Crippen LogP) is 1.73. The van der Waals surface area contributed by atoms with Crippen LogP contribution in [0, 0.1) is 0 Å². The van der Waals surface area contributed by atoms with Crippen LogP contribution in [0.2, 0.25) is 5.02 Å². The van der Waals surface area contributed by atoms with Gasteiger partial charge >= 0.3 is 0 Å². The lowest BCUT2D eigenvalue weighted by molar-refractivity contribution is 0.0879.